The van der Waals surface area contributed by atoms with Crippen molar-refractivity contribution in [1.82, 2.24) is 9.88 Å². The number of pyridine rings is 1. The van der Waals surface area contributed by atoms with E-state index >= 15 is 0 Å². The fourth-order valence-corrected chi connectivity index (χ4v) is 2.43. The molecule has 0 spiro atoms. The van der Waals surface area contributed by atoms with Crippen LogP contribution in [0.5, 0.6) is 0 Å². The predicted octanol–water partition coefficient (Wildman–Crippen LogP) is 2.53. The molecular formula is C14H23N3. The van der Waals surface area contributed by atoms with Gasteiger partial charge < -0.3 is 10.2 Å². The monoisotopic (exact) mass is 233 g/mol. The van der Waals surface area contributed by atoms with E-state index in [1.807, 2.05) is 19.2 Å². The van der Waals surface area contributed by atoms with E-state index in [-0.39, 0.29) is 0 Å². The van der Waals surface area contributed by atoms with E-state index in [2.05, 4.69) is 28.3 Å². The third kappa shape index (κ3) is 4.00. The van der Waals surface area contributed by atoms with Gasteiger partial charge in [0.2, 0.25) is 0 Å². The smallest absolute Gasteiger partial charge is 0.0393 e. The topological polar surface area (TPSA) is 28.2 Å². The zero-order chi connectivity index (χ0) is 12.1. The van der Waals surface area contributed by atoms with Crippen LogP contribution in [0.25, 0.3) is 0 Å². The van der Waals surface area contributed by atoms with Gasteiger partial charge in [0, 0.05) is 24.1 Å². The molecule has 1 aromatic heterocycles. The van der Waals surface area contributed by atoms with Gasteiger partial charge in [-0.15, -0.1) is 0 Å². The molecule has 0 aromatic carbocycles. The first-order valence-electron chi connectivity index (χ1n) is 6.59. The van der Waals surface area contributed by atoms with Gasteiger partial charge in [0.15, 0.2) is 0 Å². The minimum absolute atomic E-state index is 0.904. The molecule has 1 saturated heterocycles. The van der Waals surface area contributed by atoms with Gasteiger partial charge in [0.1, 0.15) is 0 Å². The molecule has 1 fully saturated rings. The van der Waals surface area contributed by atoms with Crippen molar-refractivity contribution in [2.45, 2.75) is 26.2 Å². The maximum absolute atomic E-state index is 4.20. The molecular weight excluding hydrogens is 210 g/mol. The summed E-state index contributed by atoms with van der Waals surface area (Å²) in [5, 5.41) is 3.49. The zero-order valence-electron chi connectivity index (χ0n) is 10.9. The van der Waals surface area contributed by atoms with Crippen molar-refractivity contribution < 1.29 is 0 Å². The number of hydrogen-bond acceptors (Lipinski definition) is 3. The SMILES string of the molecule is Cc1cc(NCCC2CCN(C)CC2)ccn1. The number of aryl methyl sites for hydroxylation is 1. The first kappa shape index (κ1) is 12.4. The molecule has 2 rings (SSSR count). The molecule has 0 aliphatic carbocycles. The van der Waals surface area contributed by atoms with Crippen LogP contribution >= 0.6 is 0 Å². The van der Waals surface area contributed by atoms with Gasteiger partial charge in [-0.1, -0.05) is 0 Å². The molecule has 1 aliphatic rings. The van der Waals surface area contributed by atoms with Gasteiger partial charge in [-0.05, 0) is 64.4 Å². The summed E-state index contributed by atoms with van der Waals surface area (Å²) in [4.78, 5) is 6.63. The minimum Gasteiger partial charge on any atom is -0.385 e. The second-order valence-electron chi connectivity index (χ2n) is 5.15. The largest absolute Gasteiger partial charge is 0.385 e. The van der Waals surface area contributed by atoms with E-state index in [0.717, 1.165) is 18.2 Å². The van der Waals surface area contributed by atoms with E-state index in [0.29, 0.717) is 0 Å². The van der Waals surface area contributed by atoms with Crippen LogP contribution in [0.4, 0.5) is 5.69 Å². The second kappa shape index (κ2) is 6.01. The van der Waals surface area contributed by atoms with Crippen molar-refractivity contribution in [3.05, 3.63) is 24.0 Å². The standard InChI is InChI=1S/C14H23N3/c1-12-11-14(4-8-15-12)16-7-3-13-5-9-17(2)10-6-13/h4,8,11,13H,3,5-7,9-10H2,1-2H3,(H,15,16). The average molecular weight is 233 g/mol. The molecule has 3 nitrogen and oxygen atoms in total. The van der Waals surface area contributed by atoms with Crippen LogP contribution in [0.1, 0.15) is 25.0 Å². The van der Waals surface area contributed by atoms with Crippen molar-refractivity contribution in [2.75, 3.05) is 32.0 Å². The van der Waals surface area contributed by atoms with E-state index in [1.165, 1.54) is 38.0 Å². The average Bonchev–Trinajstić information content (AvgIpc) is 2.32. The van der Waals surface area contributed by atoms with E-state index in [4.69, 9.17) is 0 Å². The second-order valence-corrected chi connectivity index (χ2v) is 5.15. The third-order valence-corrected chi connectivity index (χ3v) is 3.62. The van der Waals surface area contributed by atoms with Gasteiger partial charge in [0.05, 0.1) is 0 Å². The molecule has 3 heteroatoms. The van der Waals surface area contributed by atoms with Crippen LogP contribution in [0.3, 0.4) is 0 Å². The molecule has 0 unspecified atom stereocenters. The summed E-state index contributed by atoms with van der Waals surface area (Å²) in [7, 11) is 2.22. The van der Waals surface area contributed by atoms with Gasteiger partial charge in [-0.2, -0.15) is 0 Å². The van der Waals surface area contributed by atoms with E-state index in [1.54, 1.807) is 0 Å². The minimum atomic E-state index is 0.904. The first-order valence-corrected chi connectivity index (χ1v) is 6.59. The van der Waals surface area contributed by atoms with Gasteiger partial charge in [-0.3, -0.25) is 4.98 Å². The fraction of sp³-hybridized carbons (Fsp3) is 0.643. The summed E-state index contributed by atoms with van der Waals surface area (Å²) in [6.07, 6.45) is 5.86. The lowest BCUT2D eigenvalue weighted by Gasteiger charge is -2.28. The number of rotatable bonds is 4. The number of aromatic nitrogens is 1. The number of nitrogens with one attached hydrogen (secondary N) is 1. The molecule has 94 valence electrons. The van der Waals surface area contributed by atoms with Crippen molar-refractivity contribution in [3.63, 3.8) is 0 Å². The maximum atomic E-state index is 4.20. The Kier molecular flexibility index (Phi) is 4.37. The Hall–Kier alpha value is -1.09. The Morgan fingerprint density at radius 2 is 2.18 bits per heavy atom. The summed E-state index contributed by atoms with van der Waals surface area (Å²) in [6, 6.07) is 4.15. The van der Waals surface area contributed by atoms with Gasteiger partial charge in [-0.25, -0.2) is 0 Å². The van der Waals surface area contributed by atoms with Crippen LogP contribution in [0, 0.1) is 12.8 Å². The van der Waals surface area contributed by atoms with Crippen LogP contribution in [0.2, 0.25) is 0 Å². The van der Waals surface area contributed by atoms with Crippen LogP contribution in [-0.4, -0.2) is 36.6 Å². The highest BCUT2D eigenvalue weighted by atomic mass is 15.1. The molecule has 2 heterocycles. The molecule has 0 saturated carbocycles. The summed E-state index contributed by atoms with van der Waals surface area (Å²) in [5.41, 5.74) is 2.28. The molecule has 17 heavy (non-hydrogen) atoms. The van der Waals surface area contributed by atoms with Gasteiger partial charge in [0.25, 0.3) is 0 Å². The Labute approximate surface area is 104 Å². The quantitative estimate of drug-likeness (QED) is 0.866. The maximum Gasteiger partial charge on any atom is 0.0393 e. The molecule has 1 N–H and O–H groups in total. The summed E-state index contributed by atoms with van der Waals surface area (Å²) >= 11 is 0. The van der Waals surface area contributed by atoms with Crippen molar-refractivity contribution in [2.24, 2.45) is 5.92 Å². The highest BCUT2D eigenvalue weighted by molar-refractivity contribution is 5.42. The Bertz CT molecular complexity index is 343. The normalized spacial score (nSPS) is 18.2. The van der Waals surface area contributed by atoms with Crippen LogP contribution in [0.15, 0.2) is 18.3 Å². The molecule has 0 radical (unpaired) electrons. The molecule has 0 atom stereocenters. The van der Waals surface area contributed by atoms with E-state index in [9.17, 15) is 0 Å². The Morgan fingerprint density at radius 3 is 2.88 bits per heavy atom. The number of piperidine rings is 1. The fourth-order valence-electron chi connectivity index (χ4n) is 2.43. The lowest BCUT2D eigenvalue weighted by Crippen LogP contribution is -2.30. The predicted molar refractivity (Wildman–Crippen MR) is 72.3 cm³/mol. The lowest BCUT2D eigenvalue weighted by atomic mass is 9.94. The number of nitrogens with zero attached hydrogens (tertiary/aromatic N) is 2. The van der Waals surface area contributed by atoms with Crippen molar-refractivity contribution in [1.29, 1.82) is 0 Å². The van der Waals surface area contributed by atoms with Gasteiger partial charge >= 0.3 is 0 Å². The molecule has 1 aliphatic heterocycles. The molecule has 0 bridgehead atoms. The van der Waals surface area contributed by atoms with Crippen LogP contribution < -0.4 is 5.32 Å². The summed E-state index contributed by atoms with van der Waals surface area (Å²) in [6.45, 7) is 5.64. The third-order valence-electron chi connectivity index (χ3n) is 3.62. The number of likely N-dealkylation sites (tertiary alicyclic amines) is 1. The number of anilines is 1. The lowest BCUT2D eigenvalue weighted by molar-refractivity contribution is 0.215. The Morgan fingerprint density at radius 1 is 1.41 bits per heavy atom. The summed E-state index contributed by atoms with van der Waals surface area (Å²) < 4.78 is 0. The van der Waals surface area contributed by atoms with Crippen LogP contribution in [-0.2, 0) is 0 Å². The number of hydrogen-bond donors (Lipinski definition) is 1. The van der Waals surface area contributed by atoms with Crippen molar-refractivity contribution in [3.8, 4) is 0 Å². The Balaban J connectivity index is 1.69. The highest BCUT2D eigenvalue weighted by Crippen LogP contribution is 2.19. The first-order chi connectivity index (χ1) is 8.24. The van der Waals surface area contributed by atoms with Crippen molar-refractivity contribution >= 4 is 5.69 Å². The summed E-state index contributed by atoms with van der Waals surface area (Å²) in [5.74, 6) is 0.904. The highest BCUT2D eigenvalue weighted by Gasteiger charge is 2.15. The zero-order valence-corrected chi connectivity index (χ0v) is 10.9. The molecule has 1 aromatic rings. The van der Waals surface area contributed by atoms with E-state index < -0.39 is 0 Å². The molecule has 0 amide bonds.